The van der Waals surface area contributed by atoms with Crippen molar-refractivity contribution in [1.29, 1.82) is 0 Å². The Morgan fingerprint density at radius 2 is 1.85 bits per heavy atom. The molecule has 2 N–H and O–H groups in total. The van der Waals surface area contributed by atoms with E-state index in [9.17, 15) is 19.5 Å². The standard InChI is InChI=1S/C18H24N4O4/c1-10(2)9-14(16(23)19-15(11(3)4)18(25)26)22-17(24)12-7-5-6-8-13(12)20-21-22/h5-8,10-11,14-15H,9H2,1-4H3,(H,19,23)(H,25,26)/t14-,15-/m0/s1. The van der Waals surface area contributed by atoms with Gasteiger partial charge in [-0.05, 0) is 30.4 Å². The van der Waals surface area contributed by atoms with Gasteiger partial charge < -0.3 is 10.4 Å². The summed E-state index contributed by atoms with van der Waals surface area (Å²) < 4.78 is 1.05. The Labute approximate surface area is 151 Å². The minimum absolute atomic E-state index is 0.0910. The molecule has 2 atom stereocenters. The summed E-state index contributed by atoms with van der Waals surface area (Å²) in [6.07, 6.45) is 0.337. The number of fused-ring (bicyclic) bond motifs is 1. The highest BCUT2D eigenvalue weighted by molar-refractivity contribution is 5.86. The number of carboxylic acids is 1. The Kier molecular flexibility index (Phi) is 6.07. The number of rotatable bonds is 7. The molecule has 0 fully saturated rings. The van der Waals surface area contributed by atoms with Crippen LogP contribution in [0.15, 0.2) is 29.1 Å². The molecule has 26 heavy (non-hydrogen) atoms. The molecule has 8 heteroatoms. The minimum Gasteiger partial charge on any atom is -0.480 e. The second-order valence-electron chi connectivity index (χ2n) is 7.07. The fourth-order valence-electron chi connectivity index (χ4n) is 2.73. The number of aromatic nitrogens is 3. The maximum absolute atomic E-state index is 12.8. The summed E-state index contributed by atoms with van der Waals surface area (Å²) in [4.78, 5) is 36.9. The van der Waals surface area contributed by atoms with Crippen LogP contribution in [0, 0.1) is 11.8 Å². The van der Waals surface area contributed by atoms with E-state index in [0.29, 0.717) is 17.3 Å². The number of amides is 1. The summed E-state index contributed by atoms with van der Waals surface area (Å²) in [5, 5.41) is 20.1. The van der Waals surface area contributed by atoms with Crippen molar-refractivity contribution in [1.82, 2.24) is 20.3 Å². The SMILES string of the molecule is CC(C)C[C@@H](C(=O)N[C@H](C(=O)O)C(C)C)n1nnc2ccccc2c1=O. The van der Waals surface area contributed by atoms with Crippen molar-refractivity contribution >= 4 is 22.8 Å². The van der Waals surface area contributed by atoms with Crippen molar-refractivity contribution in [2.24, 2.45) is 11.8 Å². The number of hydrogen-bond acceptors (Lipinski definition) is 5. The van der Waals surface area contributed by atoms with E-state index >= 15 is 0 Å². The molecule has 8 nitrogen and oxygen atoms in total. The number of aliphatic carboxylic acids is 1. The summed E-state index contributed by atoms with van der Waals surface area (Å²) in [5.74, 6) is -1.87. The van der Waals surface area contributed by atoms with Gasteiger partial charge in [0.25, 0.3) is 5.56 Å². The molecule has 1 aromatic carbocycles. The van der Waals surface area contributed by atoms with Gasteiger partial charge in [0, 0.05) is 0 Å². The Morgan fingerprint density at radius 1 is 1.19 bits per heavy atom. The third-order valence-electron chi connectivity index (χ3n) is 4.11. The molecule has 0 aliphatic carbocycles. The molecule has 2 rings (SSSR count). The highest BCUT2D eigenvalue weighted by atomic mass is 16.4. The van der Waals surface area contributed by atoms with E-state index in [1.807, 2.05) is 13.8 Å². The first kappa shape index (κ1) is 19.6. The van der Waals surface area contributed by atoms with Crippen LogP contribution in [0.1, 0.15) is 40.2 Å². The molecule has 0 aliphatic rings. The molecular weight excluding hydrogens is 336 g/mol. The summed E-state index contributed by atoms with van der Waals surface area (Å²) in [6.45, 7) is 7.24. The predicted octanol–water partition coefficient (Wildman–Crippen LogP) is 1.60. The predicted molar refractivity (Wildman–Crippen MR) is 96.7 cm³/mol. The van der Waals surface area contributed by atoms with Crippen molar-refractivity contribution < 1.29 is 14.7 Å². The summed E-state index contributed by atoms with van der Waals surface area (Å²) >= 11 is 0. The van der Waals surface area contributed by atoms with Crippen LogP contribution in [-0.4, -0.2) is 38.0 Å². The molecule has 0 saturated carbocycles. The molecule has 1 amide bonds. The Balaban J connectivity index is 2.44. The first-order valence-corrected chi connectivity index (χ1v) is 8.59. The fourth-order valence-corrected chi connectivity index (χ4v) is 2.73. The largest absolute Gasteiger partial charge is 0.480 e. The van der Waals surface area contributed by atoms with Gasteiger partial charge in [-0.1, -0.05) is 45.0 Å². The Hall–Kier alpha value is -2.77. The van der Waals surface area contributed by atoms with Gasteiger partial charge in [0.05, 0.1) is 5.39 Å². The minimum atomic E-state index is -1.12. The molecule has 0 saturated heterocycles. The molecule has 0 radical (unpaired) electrons. The molecule has 2 aromatic rings. The maximum atomic E-state index is 12.8. The van der Waals surface area contributed by atoms with Gasteiger partial charge in [-0.3, -0.25) is 9.59 Å². The van der Waals surface area contributed by atoms with Crippen LogP contribution in [0.5, 0.6) is 0 Å². The van der Waals surface area contributed by atoms with Crippen LogP contribution >= 0.6 is 0 Å². The van der Waals surface area contributed by atoms with Crippen molar-refractivity contribution in [3.05, 3.63) is 34.6 Å². The average Bonchev–Trinajstić information content (AvgIpc) is 2.57. The first-order chi connectivity index (χ1) is 12.2. The van der Waals surface area contributed by atoms with E-state index in [0.717, 1.165) is 4.68 Å². The van der Waals surface area contributed by atoms with Crippen LogP contribution in [0.3, 0.4) is 0 Å². The lowest BCUT2D eigenvalue weighted by molar-refractivity contribution is -0.143. The Bertz CT molecular complexity index is 860. The monoisotopic (exact) mass is 360 g/mol. The van der Waals surface area contributed by atoms with Gasteiger partial charge in [0.15, 0.2) is 0 Å². The van der Waals surface area contributed by atoms with Crippen LogP contribution in [-0.2, 0) is 9.59 Å². The lowest BCUT2D eigenvalue weighted by atomic mass is 10.0. The van der Waals surface area contributed by atoms with Gasteiger partial charge in [-0.2, -0.15) is 4.68 Å². The van der Waals surface area contributed by atoms with Crippen molar-refractivity contribution in [3.63, 3.8) is 0 Å². The molecule has 0 aliphatic heterocycles. The van der Waals surface area contributed by atoms with Gasteiger partial charge in [0.2, 0.25) is 5.91 Å². The number of carboxylic acid groups (broad SMARTS) is 1. The van der Waals surface area contributed by atoms with Crippen LogP contribution < -0.4 is 10.9 Å². The maximum Gasteiger partial charge on any atom is 0.326 e. The highest BCUT2D eigenvalue weighted by Gasteiger charge is 2.30. The molecule has 1 aromatic heterocycles. The van der Waals surface area contributed by atoms with E-state index in [4.69, 9.17) is 0 Å². The molecule has 0 unspecified atom stereocenters. The zero-order chi connectivity index (χ0) is 19.4. The summed E-state index contributed by atoms with van der Waals surface area (Å²) in [5.41, 5.74) is 0.0240. The molecule has 140 valence electrons. The summed E-state index contributed by atoms with van der Waals surface area (Å²) in [6, 6.07) is 4.79. The van der Waals surface area contributed by atoms with Crippen LogP contribution in [0.2, 0.25) is 0 Å². The third kappa shape index (κ3) is 4.25. The lowest BCUT2D eigenvalue weighted by Gasteiger charge is -2.23. The van der Waals surface area contributed by atoms with Gasteiger partial charge >= 0.3 is 5.97 Å². The van der Waals surface area contributed by atoms with E-state index < -0.39 is 29.5 Å². The van der Waals surface area contributed by atoms with E-state index in [1.165, 1.54) is 0 Å². The quantitative estimate of drug-likeness (QED) is 0.775. The number of carbonyl (C=O) groups excluding carboxylic acids is 1. The second-order valence-corrected chi connectivity index (χ2v) is 7.07. The molecule has 0 spiro atoms. The van der Waals surface area contributed by atoms with Gasteiger partial charge in [-0.15, -0.1) is 5.10 Å². The number of nitrogens with zero attached hydrogens (tertiary/aromatic N) is 3. The number of carbonyl (C=O) groups is 2. The molecule has 1 heterocycles. The Morgan fingerprint density at radius 3 is 2.42 bits per heavy atom. The van der Waals surface area contributed by atoms with Crippen molar-refractivity contribution in [3.8, 4) is 0 Å². The number of nitrogens with one attached hydrogen (secondary N) is 1. The zero-order valence-electron chi connectivity index (χ0n) is 15.3. The second kappa shape index (κ2) is 8.07. The zero-order valence-corrected chi connectivity index (χ0v) is 15.3. The van der Waals surface area contributed by atoms with E-state index in [2.05, 4.69) is 15.6 Å². The number of benzene rings is 1. The van der Waals surface area contributed by atoms with E-state index in [-0.39, 0.29) is 11.8 Å². The smallest absolute Gasteiger partial charge is 0.326 e. The van der Waals surface area contributed by atoms with Crippen LogP contribution in [0.4, 0.5) is 0 Å². The van der Waals surface area contributed by atoms with Crippen LogP contribution in [0.25, 0.3) is 10.9 Å². The van der Waals surface area contributed by atoms with Crippen molar-refractivity contribution in [2.75, 3.05) is 0 Å². The average molecular weight is 360 g/mol. The first-order valence-electron chi connectivity index (χ1n) is 8.59. The fraction of sp³-hybridized carbons (Fsp3) is 0.500. The van der Waals surface area contributed by atoms with Gasteiger partial charge in [0.1, 0.15) is 17.6 Å². The molecular formula is C18H24N4O4. The van der Waals surface area contributed by atoms with E-state index in [1.54, 1.807) is 38.1 Å². The van der Waals surface area contributed by atoms with Crippen molar-refractivity contribution in [2.45, 2.75) is 46.2 Å². The lowest BCUT2D eigenvalue weighted by Crippen LogP contribution is -2.48. The topological polar surface area (TPSA) is 114 Å². The molecule has 0 bridgehead atoms. The highest BCUT2D eigenvalue weighted by Crippen LogP contribution is 2.17. The number of hydrogen-bond donors (Lipinski definition) is 2. The third-order valence-corrected chi connectivity index (χ3v) is 4.11. The normalized spacial score (nSPS) is 13.8. The summed E-state index contributed by atoms with van der Waals surface area (Å²) in [7, 11) is 0. The van der Waals surface area contributed by atoms with Gasteiger partial charge in [-0.25, -0.2) is 4.79 Å².